The molecule has 700 valence electrons. The molecule has 14 fully saturated rings. The Morgan fingerprint density at radius 1 is 0.338 bits per heavy atom. The molecule has 0 aromatic heterocycles. The SMILES string of the molecule is CC1C(=O)N(C)C(=O)C1(C)C.CCC1(C)CC(=O)N(C)C(=O)C1.CCC1(c2ccccc2)CC(=O)N(C)C1=O.CN1C(=O)C2C3C=CC(C3)C2C1=O.CN1C(=O)C2C3CCC(C3)C2C1=O.CN1C(=O)C2CC=CCC2C1=O.CN1C(=O)C2CCCCC2C1=O.CN1C(=O)C=CC1=O.CN1C(=O)CC2(CCCC2)CC1=O.CN1C(=O)CCC1=O.CN1C(=O)c2ccccc2C1=O. The highest BCUT2D eigenvalue weighted by Gasteiger charge is 2.61. The van der Waals surface area contributed by atoms with Gasteiger partial charge in [-0.1, -0.05) is 134 Å². The Labute approximate surface area is 758 Å². The van der Waals surface area contributed by atoms with Crippen molar-refractivity contribution in [2.75, 3.05) is 77.5 Å². The summed E-state index contributed by atoms with van der Waals surface area (Å²) < 4.78 is 0. The number of allylic oxidation sites excluding steroid dienone is 4. The summed E-state index contributed by atoms with van der Waals surface area (Å²) in [5, 5.41) is 0. The number of carbonyl (C=O) groups excluding carboxylic acids is 22. The highest BCUT2D eigenvalue weighted by molar-refractivity contribution is 6.21. The molecule has 130 heavy (non-hydrogen) atoms. The molecule has 1 spiro atoms. The molecule has 14 unspecified atom stereocenters. The Kier molecular flexibility index (Phi) is 31.4. The minimum atomic E-state index is -0.632. The molecule has 20 rings (SSSR count). The van der Waals surface area contributed by atoms with Crippen molar-refractivity contribution in [3.63, 3.8) is 0 Å². The molecule has 18 aliphatic rings. The number of rotatable bonds is 3. The van der Waals surface area contributed by atoms with E-state index in [9.17, 15) is 105 Å². The highest BCUT2D eigenvalue weighted by Crippen LogP contribution is 2.56. The molecule has 33 heteroatoms. The largest absolute Gasteiger partial charge is 0.286 e. The van der Waals surface area contributed by atoms with E-state index in [1.54, 1.807) is 94.4 Å². The molecule has 11 aliphatic heterocycles. The molecule has 4 bridgehead atoms. The third-order valence-corrected chi connectivity index (χ3v) is 30.3. The first-order valence-corrected chi connectivity index (χ1v) is 45.2. The molecule has 14 atom stereocenters. The van der Waals surface area contributed by atoms with E-state index in [0.29, 0.717) is 86.2 Å². The van der Waals surface area contributed by atoms with Gasteiger partial charge in [0, 0.05) is 141 Å². The Balaban J connectivity index is 0.000000149. The lowest BCUT2D eigenvalue weighted by atomic mass is 9.76. The Morgan fingerprint density at radius 2 is 0.715 bits per heavy atom. The maximum absolute atomic E-state index is 12.2. The molecule has 11 heterocycles. The van der Waals surface area contributed by atoms with Crippen molar-refractivity contribution in [1.82, 2.24) is 53.9 Å². The van der Waals surface area contributed by atoms with Gasteiger partial charge < -0.3 is 0 Å². The van der Waals surface area contributed by atoms with Crippen LogP contribution >= 0.6 is 0 Å². The number of imide groups is 11. The lowest BCUT2D eigenvalue weighted by molar-refractivity contribution is -0.153. The molecule has 2 aromatic carbocycles. The number of amides is 22. The maximum atomic E-state index is 12.2. The summed E-state index contributed by atoms with van der Waals surface area (Å²) in [5.41, 5.74) is 0.774. The van der Waals surface area contributed by atoms with Crippen LogP contribution in [0.2, 0.25) is 0 Å². The number of likely N-dealkylation sites (tertiary alicyclic amines) is 9. The lowest BCUT2D eigenvalue weighted by Gasteiger charge is -2.35. The minimum absolute atomic E-state index is 0.00523. The number of carbonyl (C=O) groups is 22. The first-order chi connectivity index (χ1) is 61.1. The summed E-state index contributed by atoms with van der Waals surface area (Å²) in [5.74, 6) is 0.488. The number of nitrogens with zero attached hydrogens (tertiary/aromatic N) is 11. The minimum Gasteiger partial charge on any atom is -0.286 e. The van der Waals surface area contributed by atoms with Gasteiger partial charge in [-0.2, -0.15) is 0 Å². The smallest absolute Gasteiger partial charge is 0.261 e. The molecule has 22 amide bonds. The zero-order valence-electron chi connectivity index (χ0n) is 77.8. The van der Waals surface area contributed by atoms with Crippen LogP contribution in [-0.4, -0.2) is 261 Å². The molecule has 7 aliphatic carbocycles. The Morgan fingerprint density at radius 3 is 1.05 bits per heavy atom. The predicted octanol–water partition coefficient (Wildman–Crippen LogP) is 7.53. The predicted molar refractivity (Wildman–Crippen MR) is 469 cm³/mol. The van der Waals surface area contributed by atoms with Crippen LogP contribution in [0.4, 0.5) is 0 Å². The molecule has 0 N–H and O–H groups in total. The van der Waals surface area contributed by atoms with Crippen LogP contribution in [-0.2, 0) is 101 Å². The van der Waals surface area contributed by atoms with Crippen LogP contribution in [0.3, 0.4) is 0 Å². The average molecular weight is 1800 g/mol. The summed E-state index contributed by atoms with van der Waals surface area (Å²) in [6.45, 7) is 11.4. The molecule has 0 radical (unpaired) electrons. The van der Waals surface area contributed by atoms with Crippen molar-refractivity contribution in [3.05, 3.63) is 108 Å². The van der Waals surface area contributed by atoms with Crippen molar-refractivity contribution in [2.45, 2.75) is 195 Å². The Bertz CT molecular complexity index is 4830. The second kappa shape index (κ2) is 40.7. The van der Waals surface area contributed by atoms with Gasteiger partial charge in [-0.15, -0.1) is 0 Å². The summed E-state index contributed by atoms with van der Waals surface area (Å²) >= 11 is 0. The van der Waals surface area contributed by atoms with Crippen molar-refractivity contribution >= 4 is 130 Å². The van der Waals surface area contributed by atoms with E-state index in [2.05, 4.69) is 12.2 Å². The number of benzene rings is 2. The second-order valence-corrected chi connectivity index (χ2v) is 38.3. The summed E-state index contributed by atoms with van der Waals surface area (Å²) in [6.07, 6.45) is 30.0. The fraction of sp³-hybridized carbons (Fsp3) is 0.588. The van der Waals surface area contributed by atoms with E-state index >= 15 is 0 Å². The monoisotopic (exact) mass is 1800 g/mol. The van der Waals surface area contributed by atoms with Gasteiger partial charge in [0.15, 0.2) is 0 Å². The third-order valence-electron chi connectivity index (χ3n) is 30.3. The van der Waals surface area contributed by atoms with Gasteiger partial charge in [0.25, 0.3) is 23.6 Å². The summed E-state index contributed by atoms with van der Waals surface area (Å²) in [6, 6.07) is 16.4. The third kappa shape index (κ3) is 20.1. The van der Waals surface area contributed by atoms with Gasteiger partial charge in [0.2, 0.25) is 106 Å². The number of fused-ring (bicyclic) bond motifs is 13. The van der Waals surface area contributed by atoms with E-state index < -0.39 is 10.8 Å². The van der Waals surface area contributed by atoms with E-state index in [1.807, 2.05) is 63.3 Å². The normalized spacial score (nSPS) is 30.1. The van der Waals surface area contributed by atoms with E-state index in [0.717, 1.165) is 86.0 Å². The molecule has 5 saturated carbocycles. The zero-order valence-corrected chi connectivity index (χ0v) is 77.8. The first kappa shape index (κ1) is 100. The van der Waals surface area contributed by atoms with E-state index in [-0.39, 0.29) is 194 Å². The van der Waals surface area contributed by atoms with Crippen LogP contribution < -0.4 is 0 Å². The maximum Gasteiger partial charge on any atom is 0.261 e. The van der Waals surface area contributed by atoms with Gasteiger partial charge in [-0.3, -0.25) is 159 Å². The van der Waals surface area contributed by atoms with E-state index in [1.165, 1.54) is 110 Å². The quantitative estimate of drug-likeness (QED) is 0.212. The molecule has 2 aromatic rings. The highest BCUT2D eigenvalue weighted by atomic mass is 16.2. The van der Waals surface area contributed by atoms with Crippen molar-refractivity contribution in [3.8, 4) is 0 Å². The second-order valence-electron chi connectivity index (χ2n) is 38.3. The average Bonchev–Trinajstić information content (AvgIpc) is 1.58. The van der Waals surface area contributed by atoms with Crippen LogP contribution in [0.15, 0.2) is 91.1 Å². The lowest BCUT2D eigenvalue weighted by Crippen LogP contribution is -2.44. The van der Waals surface area contributed by atoms with Gasteiger partial charge in [0.1, 0.15) is 0 Å². The van der Waals surface area contributed by atoms with Crippen molar-refractivity contribution in [1.29, 1.82) is 0 Å². The van der Waals surface area contributed by atoms with Gasteiger partial charge in [0.05, 0.1) is 69.3 Å². The van der Waals surface area contributed by atoms with Crippen molar-refractivity contribution < 1.29 is 105 Å². The molecular weight excluding hydrogens is 1670 g/mol. The van der Waals surface area contributed by atoms with Gasteiger partial charge in [-0.05, 0) is 129 Å². The fourth-order valence-corrected chi connectivity index (χ4v) is 21.0. The summed E-state index contributed by atoms with van der Waals surface area (Å²) in [4.78, 5) is 262. The summed E-state index contributed by atoms with van der Waals surface area (Å²) in [7, 11) is 17.1. The van der Waals surface area contributed by atoms with Crippen LogP contribution in [0.1, 0.15) is 216 Å². The number of hydrogen-bond donors (Lipinski definition) is 0. The topological polar surface area (TPSA) is 411 Å². The number of likely N-dealkylation sites (N-methyl/N-ethyl adjacent to an activating group) is 2. The number of hydrogen-bond acceptors (Lipinski definition) is 22. The van der Waals surface area contributed by atoms with E-state index in [4.69, 9.17) is 0 Å². The van der Waals surface area contributed by atoms with Gasteiger partial charge >= 0.3 is 0 Å². The van der Waals surface area contributed by atoms with Crippen LogP contribution in [0, 0.1) is 93.2 Å². The van der Waals surface area contributed by atoms with Crippen molar-refractivity contribution in [2.24, 2.45) is 93.2 Å². The standard InChI is InChI=1S/C13H15NO2.C10H13NO2.C10H11NO2.C10H15NO2.C9H13NO2.C9H11NO2.C9H7NO2.C9H15NO2.C8H13NO2.C5H7NO2.C5H5NO2/c1-3-13(10-7-5-4-6-8-10)9-11(15)14(2)12(13)16;2*1-11-9(12)7-5-2-3-6(4-5)8(7)10(11)13;1-11-8(12)6-10(7-9(11)13)4-2-3-5-10;3*1-10-8(11)6-4-2-3-5-7(6)9(10)12;1-4-9(2)5-7(11)10(3)8(12)6-9;1-5-6(10)9(4)7(11)8(5,2)3;2*1-6-4(7)2-3-5(6)8/h4-8H,3,9H2,1-2H3;5-8H,2-4H2,1H3;2-3,5-8H,4H2,1H3;2-7H2,1H3;6-7H,2-5H2,1H3;2-3,6-7H,4-5H2,1H3;2-5H,1H3;4-6H2,1-3H3;5H,1-4H3;2-3H2,1H3;2-3H,1H3. The Hall–Kier alpha value is -11.8. The van der Waals surface area contributed by atoms with Crippen LogP contribution in [0.5, 0.6) is 0 Å². The van der Waals surface area contributed by atoms with Crippen LogP contribution in [0.25, 0.3) is 0 Å². The first-order valence-electron chi connectivity index (χ1n) is 45.2. The number of piperidine rings is 2. The molecular formula is C97H125N11O22. The molecule has 9 saturated heterocycles. The van der Waals surface area contributed by atoms with Gasteiger partial charge in [-0.25, -0.2) is 0 Å². The molecule has 33 nitrogen and oxygen atoms in total. The zero-order chi connectivity index (χ0) is 96.2. The fourth-order valence-electron chi connectivity index (χ4n) is 21.0.